The number of aromatic nitrogens is 2. The first-order valence-electron chi connectivity index (χ1n) is 7.64. The van der Waals surface area contributed by atoms with Crippen LogP contribution < -0.4 is 10.5 Å². The lowest BCUT2D eigenvalue weighted by Crippen LogP contribution is -2.03. The third-order valence-electron chi connectivity index (χ3n) is 3.96. The molecule has 0 amide bonds. The molecule has 0 atom stereocenters. The molecule has 1 aromatic carbocycles. The van der Waals surface area contributed by atoms with Crippen LogP contribution in [0.3, 0.4) is 0 Å². The van der Waals surface area contributed by atoms with Gasteiger partial charge in [0.25, 0.3) is 0 Å². The lowest BCUT2D eigenvalue weighted by atomic mass is 10.0. The summed E-state index contributed by atoms with van der Waals surface area (Å²) in [5.74, 6) is 2.66. The highest BCUT2D eigenvalue weighted by Crippen LogP contribution is 2.34. The average Bonchev–Trinajstić information content (AvgIpc) is 3.02. The molecular weight excluding hydrogens is 262 g/mol. The molecule has 3 rings (SSSR count). The predicted octanol–water partition coefficient (Wildman–Crippen LogP) is 3.78. The zero-order chi connectivity index (χ0) is 14.7. The molecule has 1 aliphatic rings. The van der Waals surface area contributed by atoms with E-state index in [0.29, 0.717) is 24.2 Å². The van der Waals surface area contributed by atoms with Crippen molar-refractivity contribution in [2.24, 2.45) is 0 Å². The van der Waals surface area contributed by atoms with E-state index in [-0.39, 0.29) is 0 Å². The third kappa shape index (κ3) is 3.15. The fraction of sp³-hybridized carbons (Fsp3) is 0.412. The van der Waals surface area contributed by atoms with Gasteiger partial charge in [0.15, 0.2) is 5.82 Å². The molecule has 0 saturated heterocycles. The Bertz CT molecular complexity index is 604. The summed E-state index contributed by atoms with van der Waals surface area (Å²) in [6, 6.07) is 9.78. The molecule has 0 unspecified atom stereocenters. The topological polar surface area (TPSA) is 61.0 Å². The van der Waals surface area contributed by atoms with Crippen molar-refractivity contribution in [2.75, 3.05) is 12.3 Å². The Labute approximate surface area is 125 Å². The number of nitrogen functional groups attached to an aromatic ring is 1. The molecule has 4 nitrogen and oxygen atoms in total. The van der Waals surface area contributed by atoms with Gasteiger partial charge in [-0.05, 0) is 44.0 Å². The molecule has 0 spiro atoms. The van der Waals surface area contributed by atoms with E-state index in [9.17, 15) is 0 Å². The van der Waals surface area contributed by atoms with E-state index >= 15 is 0 Å². The number of rotatable bonds is 4. The van der Waals surface area contributed by atoms with Crippen LogP contribution >= 0.6 is 0 Å². The van der Waals surface area contributed by atoms with Gasteiger partial charge in [0.05, 0.1) is 6.61 Å². The van der Waals surface area contributed by atoms with E-state index in [2.05, 4.69) is 4.98 Å². The van der Waals surface area contributed by atoms with Gasteiger partial charge in [-0.1, -0.05) is 12.8 Å². The van der Waals surface area contributed by atoms with Crippen LogP contribution in [-0.4, -0.2) is 16.6 Å². The number of benzene rings is 1. The minimum absolute atomic E-state index is 0.539. The van der Waals surface area contributed by atoms with Gasteiger partial charge in [-0.25, -0.2) is 9.97 Å². The zero-order valence-corrected chi connectivity index (χ0v) is 12.4. The Kier molecular flexibility index (Phi) is 4.04. The van der Waals surface area contributed by atoms with E-state index in [0.717, 1.165) is 17.0 Å². The van der Waals surface area contributed by atoms with Crippen molar-refractivity contribution < 1.29 is 4.74 Å². The third-order valence-corrected chi connectivity index (χ3v) is 3.96. The summed E-state index contributed by atoms with van der Waals surface area (Å²) in [6.45, 7) is 2.64. The molecule has 21 heavy (non-hydrogen) atoms. The molecule has 1 heterocycles. The standard InChI is InChI=1S/C17H21N3O/c1-2-21-14-9-7-13(8-10-14)17-19-15(11-16(18)20-17)12-5-3-4-6-12/h7-12H,2-6H2,1H3,(H2,18,19,20). The van der Waals surface area contributed by atoms with Gasteiger partial charge in [-0.2, -0.15) is 0 Å². The van der Waals surface area contributed by atoms with Crippen LogP contribution in [0.15, 0.2) is 30.3 Å². The maximum Gasteiger partial charge on any atom is 0.161 e. The molecule has 110 valence electrons. The van der Waals surface area contributed by atoms with Gasteiger partial charge in [0.2, 0.25) is 0 Å². The summed E-state index contributed by atoms with van der Waals surface area (Å²) in [5.41, 5.74) is 8.03. The second-order valence-electron chi connectivity index (χ2n) is 5.48. The van der Waals surface area contributed by atoms with Crippen molar-refractivity contribution in [3.05, 3.63) is 36.0 Å². The lowest BCUT2D eigenvalue weighted by Gasteiger charge is -2.11. The quantitative estimate of drug-likeness (QED) is 0.927. The van der Waals surface area contributed by atoms with Crippen molar-refractivity contribution in [2.45, 2.75) is 38.5 Å². The molecule has 1 saturated carbocycles. The summed E-state index contributed by atoms with van der Waals surface area (Å²) in [7, 11) is 0. The summed E-state index contributed by atoms with van der Waals surface area (Å²) in [5, 5.41) is 0. The molecule has 1 aliphatic carbocycles. The van der Waals surface area contributed by atoms with Crippen molar-refractivity contribution in [3.63, 3.8) is 0 Å². The second kappa shape index (κ2) is 6.12. The molecule has 2 N–H and O–H groups in total. The van der Waals surface area contributed by atoms with Crippen LogP contribution in [0.5, 0.6) is 5.75 Å². The fourth-order valence-corrected chi connectivity index (χ4v) is 2.91. The van der Waals surface area contributed by atoms with E-state index < -0.39 is 0 Å². The summed E-state index contributed by atoms with van der Waals surface area (Å²) in [6.07, 6.45) is 4.98. The molecule has 1 fully saturated rings. The normalized spacial score (nSPS) is 15.3. The first-order valence-corrected chi connectivity index (χ1v) is 7.64. The number of nitrogens with two attached hydrogens (primary N) is 1. The number of hydrogen-bond acceptors (Lipinski definition) is 4. The molecule has 0 aliphatic heterocycles. The highest BCUT2D eigenvalue weighted by molar-refractivity contribution is 5.58. The first-order chi connectivity index (χ1) is 10.3. The predicted molar refractivity (Wildman–Crippen MR) is 84.3 cm³/mol. The van der Waals surface area contributed by atoms with Gasteiger partial charge >= 0.3 is 0 Å². The van der Waals surface area contributed by atoms with Crippen molar-refractivity contribution in [1.29, 1.82) is 0 Å². The van der Waals surface area contributed by atoms with Gasteiger partial charge in [-0.15, -0.1) is 0 Å². The van der Waals surface area contributed by atoms with Gasteiger partial charge in [-0.3, -0.25) is 0 Å². The Hall–Kier alpha value is -2.10. The number of anilines is 1. The van der Waals surface area contributed by atoms with E-state index in [1.807, 2.05) is 37.3 Å². The second-order valence-corrected chi connectivity index (χ2v) is 5.48. The largest absolute Gasteiger partial charge is 0.494 e. The Morgan fingerprint density at radius 1 is 1.14 bits per heavy atom. The van der Waals surface area contributed by atoms with Gasteiger partial charge < -0.3 is 10.5 Å². The van der Waals surface area contributed by atoms with E-state index in [4.69, 9.17) is 15.5 Å². The maximum atomic E-state index is 5.97. The van der Waals surface area contributed by atoms with Crippen molar-refractivity contribution in [1.82, 2.24) is 9.97 Å². The Morgan fingerprint density at radius 2 is 1.86 bits per heavy atom. The van der Waals surface area contributed by atoms with Crippen LogP contribution in [0.4, 0.5) is 5.82 Å². The van der Waals surface area contributed by atoms with E-state index in [1.165, 1.54) is 25.7 Å². The highest BCUT2D eigenvalue weighted by Gasteiger charge is 2.19. The summed E-state index contributed by atoms with van der Waals surface area (Å²) >= 11 is 0. The van der Waals surface area contributed by atoms with Crippen LogP contribution in [0, 0.1) is 0 Å². The molecule has 0 radical (unpaired) electrons. The number of nitrogens with zero attached hydrogens (tertiary/aromatic N) is 2. The lowest BCUT2D eigenvalue weighted by molar-refractivity contribution is 0.340. The smallest absolute Gasteiger partial charge is 0.161 e. The van der Waals surface area contributed by atoms with Crippen molar-refractivity contribution >= 4 is 5.82 Å². The highest BCUT2D eigenvalue weighted by atomic mass is 16.5. The van der Waals surface area contributed by atoms with Gasteiger partial charge in [0.1, 0.15) is 11.6 Å². The van der Waals surface area contributed by atoms with Crippen LogP contribution in [0.2, 0.25) is 0 Å². The SMILES string of the molecule is CCOc1ccc(-c2nc(N)cc(C3CCCC3)n2)cc1. The summed E-state index contributed by atoms with van der Waals surface area (Å²) in [4.78, 5) is 9.11. The number of hydrogen-bond donors (Lipinski definition) is 1. The average molecular weight is 283 g/mol. The fourth-order valence-electron chi connectivity index (χ4n) is 2.91. The molecule has 2 aromatic rings. The zero-order valence-electron chi connectivity index (χ0n) is 12.4. The Balaban J connectivity index is 1.90. The maximum absolute atomic E-state index is 5.97. The van der Waals surface area contributed by atoms with Gasteiger partial charge in [0, 0.05) is 23.2 Å². The summed E-state index contributed by atoms with van der Waals surface area (Å²) < 4.78 is 5.46. The minimum atomic E-state index is 0.539. The van der Waals surface area contributed by atoms with E-state index in [1.54, 1.807) is 0 Å². The monoisotopic (exact) mass is 283 g/mol. The van der Waals surface area contributed by atoms with Crippen molar-refractivity contribution in [3.8, 4) is 17.1 Å². The minimum Gasteiger partial charge on any atom is -0.494 e. The molecular formula is C17H21N3O. The Morgan fingerprint density at radius 3 is 2.52 bits per heavy atom. The van der Waals surface area contributed by atoms with Crippen LogP contribution in [0.25, 0.3) is 11.4 Å². The molecule has 1 aromatic heterocycles. The van der Waals surface area contributed by atoms with Crippen LogP contribution in [0.1, 0.15) is 44.2 Å². The molecule has 0 bridgehead atoms. The number of ether oxygens (including phenoxy) is 1. The molecule has 4 heteroatoms. The van der Waals surface area contributed by atoms with Crippen LogP contribution in [-0.2, 0) is 0 Å². The first kappa shape index (κ1) is 13.9.